The minimum Gasteiger partial charge on any atom is -0.481 e. The van der Waals surface area contributed by atoms with E-state index in [0.717, 1.165) is 25.7 Å². The highest BCUT2D eigenvalue weighted by Crippen LogP contribution is 2.44. The van der Waals surface area contributed by atoms with Crippen LogP contribution in [0.1, 0.15) is 76.8 Å². The van der Waals surface area contributed by atoms with Crippen LogP contribution in [0.25, 0.3) is 0 Å². The quantitative estimate of drug-likeness (QED) is 0.542. The van der Waals surface area contributed by atoms with E-state index in [4.69, 9.17) is 5.11 Å². The maximum atomic E-state index is 10.6. The first-order chi connectivity index (χ1) is 10.8. The number of rotatable bonds is 6. The third-order valence-corrected chi connectivity index (χ3v) is 5.64. The van der Waals surface area contributed by atoms with Crippen molar-refractivity contribution in [3.63, 3.8) is 0 Å². The molecule has 1 aliphatic carbocycles. The summed E-state index contributed by atoms with van der Waals surface area (Å²) in [7, 11) is 0. The van der Waals surface area contributed by atoms with Gasteiger partial charge in [0.25, 0.3) is 0 Å². The summed E-state index contributed by atoms with van der Waals surface area (Å²) >= 11 is 0. The highest BCUT2D eigenvalue weighted by molar-refractivity contribution is 5.66. The summed E-state index contributed by atoms with van der Waals surface area (Å²) in [5.74, 6) is 0.379. The van der Waals surface area contributed by atoms with Gasteiger partial charge >= 0.3 is 5.97 Å². The molecule has 1 aromatic carbocycles. The SMILES string of the molecule is CC1=CC(CCCCCC(=O)O)C(C)c2ccccc2C1(C)C. The third kappa shape index (κ3) is 4.04. The molecule has 2 atom stereocenters. The lowest BCUT2D eigenvalue weighted by molar-refractivity contribution is -0.137. The molecule has 126 valence electrons. The van der Waals surface area contributed by atoms with Crippen molar-refractivity contribution < 1.29 is 9.90 Å². The van der Waals surface area contributed by atoms with Crippen LogP contribution in [0.3, 0.4) is 0 Å². The van der Waals surface area contributed by atoms with E-state index in [2.05, 4.69) is 58.0 Å². The second kappa shape index (κ2) is 7.33. The summed E-state index contributed by atoms with van der Waals surface area (Å²) in [6.45, 7) is 9.23. The van der Waals surface area contributed by atoms with Gasteiger partial charge in [-0.15, -0.1) is 0 Å². The molecule has 0 amide bonds. The van der Waals surface area contributed by atoms with E-state index in [1.54, 1.807) is 0 Å². The smallest absolute Gasteiger partial charge is 0.303 e. The summed E-state index contributed by atoms with van der Waals surface area (Å²) in [4.78, 5) is 10.6. The fourth-order valence-electron chi connectivity index (χ4n) is 3.75. The predicted octanol–water partition coefficient (Wildman–Crippen LogP) is 5.68. The van der Waals surface area contributed by atoms with Crippen LogP contribution < -0.4 is 0 Å². The molecule has 0 saturated carbocycles. The summed E-state index contributed by atoms with van der Waals surface area (Å²) in [5, 5.41) is 8.73. The van der Waals surface area contributed by atoms with Crippen molar-refractivity contribution in [2.75, 3.05) is 0 Å². The average molecular weight is 314 g/mol. The Morgan fingerprint density at radius 3 is 2.57 bits per heavy atom. The molecule has 0 fully saturated rings. The highest BCUT2D eigenvalue weighted by Gasteiger charge is 2.32. The molecule has 2 unspecified atom stereocenters. The van der Waals surface area contributed by atoms with Crippen molar-refractivity contribution in [1.82, 2.24) is 0 Å². The minimum atomic E-state index is -0.681. The first-order valence-electron chi connectivity index (χ1n) is 8.84. The number of aliphatic carboxylic acids is 1. The molecule has 1 aromatic rings. The van der Waals surface area contributed by atoms with Gasteiger partial charge < -0.3 is 5.11 Å². The Bertz CT molecular complexity index is 583. The molecule has 0 saturated heterocycles. The summed E-state index contributed by atoms with van der Waals surface area (Å²) < 4.78 is 0. The number of benzene rings is 1. The fourth-order valence-corrected chi connectivity index (χ4v) is 3.75. The van der Waals surface area contributed by atoms with Crippen LogP contribution in [0.15, 0.2) is 35.9 Å². The maximum absolute atomic E-state index is 10.6. The standard InChI is InChI=1S/C21H30O2/c1-15-14-17(10-6-5-7-13-20(22)23)16(2)18-11-8-9-12-19(18)21(15,3)4/h8-9,11-12,14,16-17H,5-7,10,13H2,1-4H3,(H,22,23). The Hall–Kier alpha value is -1.57. The average Bonchev–Trinajstić information content (AvgIpc) is 2.57. The maximum Gasteiger partial charge on any atom is 0.303 e. The molecule has 0 bridgehead atoms. The Morgan fingerprint density at radius 2 is 1.87 bits per heavy atom. The van der Waals surface area contributed by atoms with Crippen LogP contribution in [0.4, 0.5) is 0 Å². The van der Waals surface area contributed by atoms with Gasteiger partial charge in [0.1, 0.15) is 0 Å². The van der Waals surface area contributed by atoms with Crippen LogP contribution in [-0.2, 0) is 10.2 Å². The van der Waals surface area contributed by atoms with Gasteiger partial charge in [-0.05, 0) is 42.7 Å². The molecule has 0 heterocycles. The number of unbranched alkanes of at least 4 members (excludes halogenated alkanes) is 2. The molecule has 0 radical (unpaired) electrons. The lowest BCUT2D eigenvalue weighted by Gasteiger charge is -2.28. The van der Waals surface area contributed by atoms with E-state index in [0.29, 0.717) is 18.3 Å². The highest BCUT2D eigenvalue weighted by atomic mass is 16.4. The molecule has 1 N–H and O–H groups in total. The van der Waals surface area contributed by atoms with Gasteiger partial charge in [-0.1, -0.05) is 69.5 Å². The molecule has 2 nitrogen and oxygen atoms in total. The van der Waals surface area contributed by atoms with Crippen molar-refractivity contribution in [2.24, 2.45) is 5.92 Å². The number of fused-ring (bicyclic) bond motifs is 1. The van der Waals surface area contributed by atoms with Crippen molar-refractivity contribution in [3.8, 4) is 0 Å². The van der Waals surface area contributed by atoms with Gasteiger partial charge in [0.05, 0.1) is 0 Å². The molecule has 0 spiro atoms. The number of hydrogen-bond donors (Lipinski definition) is 1. The lowest BCUT2D eigenvalue weighted by Crippen LogP contribution is -2.19. The summed E-state index contributed by atoms with van der Waals surface area (Å²) in [6.07, 6.45) is 6.82. The Labute approximate surface area is 140 Å². The van der Waals surface area contributed by atoms with E-state index < -0.39 is 5.97 Å². The molecule has 0 aliphatic heterocycles. The second-order valence-electron chi connectivity index (χ2n) is 7.51. The van der Waals surface area contributed by atoms with Gasteiger partial charge in [-0.3, -0.25) is 4.79 Å². The zero-order valence-electron chi connectivity index (χ0n) is 14.9. The third-order valence-electron chi connectivity index (χ3n) is 5.64. The molecule has 0 aromatic heterocycles. The van der Waals surface area contributed by atoms with Gasteiger partial charge in [-0.2, -0.15) is 0 Å². The van der Waals surface area contributed by atoms with Crippen LogP contribution in [-0.4, -0.2) is 11.1 Å². The van der Waals surface area contributed by atoms with E-state index >= 15 is 0 Å². The van der Waals surface area contributed by atoms with Crippen LogP contribution >= 0.6 is 0 Å². The first-order valence-corrected chi connectivity index (χ1v) is 8.84. The number of carboxylic acid groups (broad SMARTS) is 1. The molecule has 2 heteroatoms. The number of carbonyl (C=O) groups is 1. The largest absolute Gasteiger partial charge is 0.481 e. The fraction of sp³-hybridized carbons (Fsp3) is 0.571. The predicted molar refractivity (Wildman–Crippen MR) is 95.9 cm³/mol. The molecular formula is C21H30O2. The first kappa shape index (κ1) is 17.8. The van der Waals surface area contributed by atoms with Crippen molar-refractivity contribution in [3.05, 3.63) is 47.0 Å². The molecule has 2 rings (SSSR count). The van der Waals surface area contributed by atoms with Gasteiger partial charge in [0.15, 0.2) is 0 Å². The Morgan fingerprint density at radius 1 is 1.17 bits per heavy atom. The Balaban J connectivity index is 2.13. The van der Waals surface area contributed by atoms with Crippen molar-refractivity contribution in [1.29, 1.82) is 0 Å². The van der Waals surface area contributed by atoms with E-state index in [9.17, 15) is 4.79 Å². The normalized spacial score (nSPS) is 22.9. The second-order valence-corrected chi connectivity index (χ2v) is 7.51. The van der Waals surface area contributed by atoms with Gasteiger partial charge in [0, 0.05) is 11.8 Å². The van der Waals surface area contributed by atoms with Crippen LogP contribution in [0, 0.1) is 5.92 Å². The monoisotopic (exact) mass is 314 g/mol. The van der Waals surface area contributed by atoms with Gasteiger partial charge in [0.2, 0.25) is 0 Å². The summed E-state index contributed by atoms with van der Waals surface area (Å²) in [5.41, 5.74) is 4.46. The van der Waals surface area contributed by atoms with Crippen molar-refractivity contribution in [2.45, 2.75) is 71.1 Å². The van der Waals surface area contributed by atoms with Crippen LogP contribution in [0.2, 0.25) is 0 Å². The number of carboxylic acids is 1. The van der Waals surface area contributed by atoms with Crippen molar-refractivity contribution >= 4 is 5.97 Å². The Kier molecular flexibility index (Phi) is 5.67. The van der Waals surface area contributed by atoms with Gasteiger partial charge in [-0.25, -0.2) is 0 Å². The van der Waals surface area contributed by atoms with E-state index in [1.165, 1.54) is 16.7 Å². The zero-order valence-corrected chi connectivity index (χ0v) is 14.9. The number of hydrogen-bond acceptors (Lipinski definition) is 1. The lowest BCUT2D eigenvalue weighted by atomic mass is 9.76. The molecule has 1 aliphatic rings. The zero-order chi connectivity index (χ0) is 17.0. The van der Waals surface area contributed by atoms with Crippen LogP contribution in [0.5, 0.6) is 0 Å². The van der Waals surface area contributed by atoms with E-state index in [1.807, 2.05) is 0 Å². The molecule has 23 heavy (non-hydrogen) atoms. The minimum absolute atomic E-state index is 0.0862. The topological polar surface area (TPSA) is 37.3 Å². The number of allylic oxidation sites excluding steroid dienone is 2. The summed E-state index contributed by atoms with van der Waals surface area (Å²) in [6, 6.07) is 8.85. The van der Waals surface area contributed by atoms with E-state index in [-0.39, 0.29) is 5.41 Å². The molecular weight excluding hydrogens is 284 g/mol.